The number of guanidine groups is 1. The maximum atomic E-state index is 5.55. The average molecular weight is 386 g/mol. The first-order valence-corrected chi connectivity index (χ1v) is 10.8. The van der Waals surface area contributed by atoms with Crippen molar-refractivity contribution < 1.29 is 4.74 Å². The first-order chi connectivity index (χ1) is 12.1. The maximum absolute atomic E-state index is 5.55. The normalized spacial score (nSPS) is 17.4. The highest BCUT2D eigenvalue weighted by Gasteiger charge is 2.32. The van der Waals surface area contributed by atoms with Crippen LogP contribution in [-0.2, 0) is 11.3 Å². The van der Waals surface area contributed by atoms with Crippen LogP contribution in [0, 0.1) is 0 Å². The van der Waals surface area contributed by atoms with Gasteiger partial charge in [0.2, 0.25) is 0 Å². The van der Waals surface area contributed by atoms with Gasteiger partial charge in [-0.1, -0.05) is 6.92 Å². The molecule has 1 fully saturated rings. The topological polar surface area (TPSA) is 61.8 Å². The van der Waals surface area contributed by atoms with E-state index in [4.69, 9.17) is 9.73 Å². The van der Waals surface area contributed by atoms with Gasteiger partial charge in [0, 0.05) is 50.5 Å². The van der Waals surface area contributed by atoms with E-state index in [1.54, 1.807) is 11.3 Å². The molecule has 2 N–H and O–H groups in total. The summed E-state index contributed by atoms with van der Waals surface area (Å²) in [5.41, 5.74) is 1.01. The highest BCUT2D eigenvalue weighted by atomic mass is 32.2. The van der Waals surface area contributed by atoms with Crippen LogP contribution in [0.5, 0.6) is 0 Å². The second kappa shape index (κ2) is 10.2. The second-order valence-electron chi connectivity index (χ2n) is 6.29. The molecule has 1 saturated heterocycles. The number of thioether (sulfide) groups is 1. The van der Waals surface area contributed by atoms with E-state index >= 15 is 0 Å². The van der Waals surface area contributed by atoms with Crippen molar-refractivity contribution in [2.24, 2.45) is 4.99 Å². The van der Waals surface area contributed by atoms with Gasteiger partial charge in [-0.3, -0.25) is 0 Å². The van der Waals surface area contributed by atoms with Crippen molar-refractivity contribution in [3.63, 3.8) is 0 Å². The van der Waals surface area contributed by atoms with E-state index in [2.05, 4.69) is 34.8 Å². The smallest absolute Gasteiger partial charge is 0.191 e. The molecule has 1 aliphatic heterocycles. The lowest BCUT2D eigenvalue weighted by molar-refractivity contribution is 0.0782. The summed E-state index contributed by atoms with van der Waals surface area (Å²) in [5.74, 6) is 1.99. The van der Waals surface area contributed by atoms with Gasteiger partial charge in [-0.25, -0.2) is 9.98 Å². The quantitative estimate of drug-likeness (QED) is 0.530. The van der Waals surface area contributed by atoms with Gasteiger partial charge in [0.25, 0.3) is 0 Å². The molecule has 0 aliphatic carbocycles. The summed E-state index contributed by atoms with van der Waals surface area (Å²) in [6.07, 6.45) is 2.19. The Morgan fingerprint density at radius 3 is 2.72 bits per heavy atom. The van der Waals surface area contributed by atoms with E-state index in [0.29, 0.717) is 6.54 Å². The first-order valence-electron chi connectivity index (χ1n) is 8.94. The van der Waals surface area contributed by atoms with Crippen LogP contribution in [0.2, 0.25) is 0 Å². The van der Waals surface area contributed by atoms with Gasteiger partial charge in [-0.15, -0.1) is 11.3 Å². The number of nitrogens with zero attached hydrogens (tertiary/aromatic N) is 3. The van der Waals surface area contributed by atoms with E-state index in [1.807, 2.05) is 30.8 Å². The number of nitrogens with one attached hydrogen (secondary N) is 2. The van der Waals surface area contributed by atoms with Crippen LogP contribution < -0.4 is 15.5 Å². The fraction of sp³-hybridized carbons (Fsp3) is 0.765. The molecular weight excluding hydrogens is 354 g/mol. The third-order valence-electron chi connectivity index (χ3n) is 4.10. The molecule has 1 aromatic rings. The largest absolute Gasteiger partial charge is 0.381 e. The summed E-state index contributed by atoms with van der Waals surface area (Å²) in [5, 5.41) is 9.98. The van der Waals surface area contributed by atoms with Gasteiger partial charge < -0.3 is 20.3 Å². The molecule has 8 heteroatoms. The highest BCUT2D eigenvalue weighted by Crippen LogP contribution is 2.34. The predicted octanol–water partition coefficient (Wildman–Crippen LogP) is 2.57. The molecule has 1 aliphatic rings. The highest BCUT2D eigenvalue weighted by molar-refractivity contribution is 8.00. The molecule has 0 unspecified atom stereocenters. The third-order valence-corrected chi connectivity index (χ3v) is 6.61. The SMILES string of the molecule is CCNC(=NCc1csc(N(C)C)n1)NCC1(SCC)CCOCC1. The van der Waals surface area contributed by atoms with Gasteiger partial charge in [-0.05, 0) is 25.5 Å². The summed E-state index contributed by atoms with van der Waals surface area (Å²) >= 11 is 3.69. The lowest BCUT2D eigenvalue weighted by atomic mass is 9.99. The van der Waals surface area contributed by atoms with Crippen LogP contribution in [0.15, 0.2) is 10.4 Å². The molecule has 25 heavy (non-hydrogen) atoms. The van der Waals surface area contributed by atoms with Crippen LogP contribution >= 0.6 is 23.1 Å². The fourth-order valence-electron chi connectivity index (χ4n) is 2.74. The van der Waals surface area contributed by atoms with Crippen molar-refractivity contribution in [3.05, 3.63) is 11.1 Å². The molecular formula is C17H31N5OS2. The predicted molar refractivity (Wildman–Crippen MR) is 110 cm³/mol. The molecule has 0 spiro atoms. The van der Waals surface area contributed by atoms with E-state index < -0.39 is 0 Å². The van der Waals surface area contributed by atoms with Crippen molar-refractivity contribution in [1.82, 2.24) is 15.6 Å². The Labute approximate surface area is 159 Å². The van der Waals surface area contributed by atoms with Gasteiger partial charge in [0.05, 0.1) is 12.2 Å². The van der Waals surface area contributed by atoms with Gasteiger partial charge in [0.1, 0.15) is 0 Å². The van der Waals surface area contributed by atoms with Crippen LogP contribution in [-0.4, -0.2) is 61.8 Å². The Bertz CT molecular complexity index is 535. The number of hydrogen-bond acceptors (Lipinski definition) is 6. The van der Waals surface area contributed by atoms with Gasteiger partial charge in [-0.2, -0.15) is 11.8 Å². The molecule has 0 aromatic carbocycles. The average Bonchev–Trinajstić information content (AvgIpc) is 3.08. The number of hydrogen-bond donors (Lipinski definition) is 2. The lowest BCUT2D eigenvalue weighted by Crippen LogP contribution is -2.48. The van der Waals surface area contributed by atoms with Crippen LogP contribution in [0.1, 0.15) is 32.4 Å². The first kappa shape index (κ1) is 20.3. The lowest BCUT2D eigenvalue weighted by Gasteiger charge is -2.37. The Balaban J connectivity index is 1.96. The van der Waals surface area contributed by atoms with Crippen molar-refractivity contribution >= 4 is 34.2 Å². The molecule has 2 rings (SSSR count). The Hall–Kier alpha value is -0.990. The van der Waals surface area contributed by atoms with E-state index in [0.717, 1.165) is 61.7 Å². The number of aliphatic imine (C=N–C) groups is 1. The standard InChI is InChI=1S/C17H31N5OS2/c1-5-18-15(19-11-14-12-24-16(21-14)22(3)4)20-13-17(25-6-2)7-9-23-10-8-17/h12H,5-11,13H2,1-4H3,(H2,18,19,20). The molecule has 0 amide bonds. The zero-order valence-corrected chi connectivity index (χ0v) is 17.4. The number of anilines is 1. The number of ether oxygens (including phenoxy) is 1. The Kier molecular flexibility index (Phi) is 8.32. The van der Waals surface area contributed by atoms with E-state index in [9.17, 15) is 0 Å². The molecule has 0 atom stereocenters. The zero-order chi connectivity index (χ0) is 18.1. The fourth-order valence-corrected chi connectivity index (χ4v) is 4.73. The Morgan fingerprint density at radius 2 is 2.12 bits per heavy atom. The minimum atomic E-state index is 0.252. The summed E-state index contributed by atoms with van der Waals surface area (Å²) in [6.45, 7) is 8.39. The van der Waals surface area contributed by atoms with Crippen molar-refractivity contribution in [3.8, 4) is 0 Å². The van der Waals surface area contributed by atoms with Gasteiger partial charge >= 0.3 is 0 Å². The maximum Gasteiger partial charge on any atom is 0.191 e. The molecule has 142 valence electrons. The summed E-state index contributed by atoms with van der Waals surface area (Å²) in [4.78, 5) is 11.3. The van der Waals surface area contributed by atoms with Crippen molar-refractivity contribution in [2.75, 3.05) is 51.1 Å². The van der Waals surface area contributed by atoms with Crippen molar-refractivity contribution in [1.29, 1.82) is 0 Å². The molecule has 0 bridgehead atoms. The van der Waals surface area contributed by atoms with E-state index in [1.165, 1.54) is 0 Å². The van der Waals surface area contributed by atoms with Crippen LogP contribution in [0.3, 0.4) is 0 Å². The zero-order valence-electron chi connectivity index (χ0n) is 15.8. The number of thiazole rings is 1. The summed E-state index contributed by atoms with van der Waals surface area (Å²) in [7, 11) is 4.02. The number of rotatable bonds is 8. The van der Waals surface area contributed by atoms with Gasteiger partial charge in [0.15, 0.2) is 11.1 Å². The molecule has 2 heterocycles. The second-order valence-corrected chi connectivity index (χ2v) is 8.86. The third kappa shape index (κ3) is 6.34. The minimum absolute atomic E-state index is 0.252. The number of aromatic nitrogens is 1. The van der Waals surface area contributed by atoms with E-state index in [-0.39, 0.29) is 4.75 Å². The summed E-state index contributed by atoms with van der Waals surface area (Å²) < 4.78 is 5.81. The van der Waals surface area contributed by atoms with Crippen molar-refractivity contribution in [2.45, 2.75) is 38.0 Å². The van der Waals surface area contributed by atoms with Crippen LogP contribution in [0.25, 0.3) is 0 Å². The molecule has 0 radical (unpaired) electrons. The molecule has 1 aromatic heterocycles. The monoisotopic (exact) mass is 385 g/mol. The van der Waals surface area contributed by atoms with Crippen LogP contribution in [0.4, 0.5) is 5.13 Å². The Morgan fingerprint density at radius 1 is 1.36 bits per heavy atom. The minimum Gasteiger partial charge on any atom is -0.381 e. The summed E-state index contributed by atoms with van der Waals surface area (Å²) in [6, 6.07) is 0. The molecule has 6 nitrogen and oxygen atoms in total. The molecule has 0 saturated carbocycles.